The van der Waals surface area contributed by atoms with Crippen molar-refractivity contribution < 1.29 is 64.6 Å². The maximum absolute atomic E-state index is 13.3. The monoisotopic (exact) mass is 1110 g/mol. The number of aliphatic hydroxyl groups excluding tert-OH is 8. The van der Waals surface area contributed by atoms with Crippen LogP contribution in [0.15, 0.2) is 60.8 Å². The van der Waals surface area contributed by atoms with Gasteiger partial charge in [0.05, 0.1) is 32.0 Å². The summed E-state index contributed by atoms with van der Waals surface area (Å²) in [4.78, 5) is 13.3. The molecular weight excluding hydrogens is 991 g/mol. The predicted octanol–water partition coefficient (Wildman–Crippen LogP) is 11.3. The average Bonchev–Trinajstić information content (AvgIpc) is 3.47. The minimum atomic E-state index is -1.78. The highest BCUT2D eigenvalue weighted by atomic mass is 16.7. The van der Waals surface area contributed by atoms with Crippen LogP contribution in [-0.4, -0.2) is 140 Å². The lowest BCUT2D eigenvalue weighted by molar-refractivity contribution is -0.359. The summed E-state index contributed by atoms with van der Waals surface area (Å²) < 4.78 is 22.9. The first-order valence-electron chi connectivity index (χ1n) is 31.5. The van der Waals surface area contributed by atoms with Crippen LogP contribution < -0.4 is 5.32 Å². The Morgan fingerprint density at radius 2 is 0.885 bits per heavy atom. The smallest absolute Gasteiger partial charge is 0.220 e. The number of ether oxygens (including phenoxy) is 4. The number of carbonyl (C=O) groups excluding carboxylic acids is 1. The zero-order chi connectivity index (χ0) is 56.7. The van der Waals surface area contributed by atoms with Crippen molar-refractivity contribution in [2.45, 2.75) is 319 Å². The van der Waals surface area contributed by atoms with E-state index < -0.39 is 86.8 Å². The molecule has 2 rings (SSSR count). The van der Waals surface area contributed by atoms with Gasteiger partial charge in [-0.05, 0) is 57.8 Å². The van der Waals surface area contributed by atoms with Crippen LogP contribution in [0.2, 0.25) is 0 Å². The number of allylic oxidation sites excluding steroid dienone is 10. The van der Waals surface area contributed by atoms with E-state index in [0.717, 1.165) is 83.5 Å². The van der Waals surface area contributed by atoms with Gasteiger partial charge < -0.3 is 65.1 Å². The van der Waals surface area contributed by atoms with E-state index in [0.29, 0.717) is 12.8 Å². The topological polar surface area (TPSA) is 228 Å². The Bertz CT molecular complexity index is 1540. The van der Waals surface area contributed by atoms with Crippen LogP contribution in [0.5, 0.6) is 0 Å². The van der Waals surface area contributed by atoms with Crippen LogP contribution in [0.1, 0.15) is 245 Å². The minimum absolute atomic E-state index is 0.209. The molecule has 12 atom stereocenters. The van der Waals surface area contributed by atoms with Gasteiger partial charge in [0.1, 0.15) is 48.8 Å². The molecule has 0 spiro atoms. The Labute approximate surface area is 473 Å². The van der Waals surface area contributed by atoms with E-state index in [1.54, 1.807) is 0 Å². The molecule has 0 aliphatic carbocycles. The fourth-order valence-corrected chi connectivity index (χ4v) is 10.2. The number of rotatable bonds is 50. The molecule has 2 saturated heterocycles. The molecule has 14 heteroatoms. The van der Waals surface area contributed by atoms with Crippen molar-refractivity contribution in [3.05, 3.63) is 60.8 Å². The van der Waals surface area contributed by atoms with Crippen molar-refractivity contribution in [2.24, 2.45) is 0 Å². The van der Waals surface area contributed by atoms with Gasteiger partial charge in [-0.15, -0.1) is 0 Å². The molecule has 0 aromatic heterocycles. The SMILES string of the molecule is CC/C=C\C/C=C\C/C=C\C/C=C\C/C=C\CCCCCCCCCCCCCCCC(=O)NC(COC1OC(CO)C(OC2OC(CO)C(O)C(O)C2O)C(O)C1O)C(O)CCCCCCCCCCCCCCCCC. The Morgan fingerprint density at radius 3 is 1.36 bits per heavy atom. The maximum atomic E-state index is 13.3. The molecule has 2 aliphatic heterocycles. The summed E-state index contributed by atoms with van der Waals surface area (Å²) in [5, 5.41) is 87.3. The van der Waals surface area contributed by atoms with Gasteiger partial charge in [-0.1, -0.05) is 242 Å². The van der Waals surface area contributed by atoms with Gasteiger partial charge >= 0.3 is 0 Å². The van der Waals surface area contributed by atoms with Gasteiger partial charge in [-0.3, -0.25) is 4.79 Å². The third kappa shape index (κ3) is 34.2. The normalized spacial score (nSPS) is 24.9. The average molecular weight is 1110 g/mol. The van der Waals surface area contributed by atoms with E-state index in [-0.39, 0.29) is 12.5 Å². The molecule has 78 heavy (non-hydrogen) atoms. The highest BCUT2D eigenvalue weighted by molar-refractivity contribution is 5.76. The fourth-order valence-electron chi connectivity index (χ4n) is 10.2. The molecule has 2 fully saturated rings. The summed E-state index contributed by atoms with van der Waals surface area (Å²) in [7, 11) is 0. The molecule has 1 amide bonds. The van der Waals surface area contributed by atoms with Gasteiger partial charge in [0, 0.05) is 6.42 Å². The lowest BCUT2D eigenvalue weighted by Crippen LogP contribution is -2.65. The van der Waals surface area contributed by atoms with Crippen LogP contribution in [0.25, 0.3) is 0 Å². The minimum Gasteiger partial charge on any atom is -0.394 e. The molecule has 0 radical (unpaired) electrons. The Morgan fingerprint density at radius 1 is 0.474 bits per heavy atom. The van der Waals surface area contributed by atoms with Crippen LogP contribution in [0.4, 0.5) is 0 Å². The second-order valence-corrected chi connectivity index (χ2v) is 22.2. The van der Waals surface area contributed by atoms with Crippen molar-refractivity contribution in [1.82, 2.24) is 5.32 Å². The van der Waals surface area contributed by atoms with Crippen LogP contribution in [-0.2, 0) is 23.7 Å². The lowest BCUT2D eigenvalue weighted by atomic mass is 9.97. The first-order valence-corrected chi connectivity index (χ1v) is 31.5. The second-order valence-electron chi connectivity index (χ2n) is 22.2. The Hall–Kier alpha value is -2.31. The van der Waals surface area contributed by atoms with Crippen molar-refractivity contribution in [3.63, 3.8) is 0 Å². The molecule has 0 aromatic carbocycles. The van der Waals surface area contributed by atoms with E-state index >= 15 is 0 Å². The summed E-state index contributed by atoms with van der Waals surface area (Å²) >= 11 is 0. The zero-order valence-electron chi connectivity index (χ0n) is 48.9. The molecule has 0 saturated carbocycles. The largest absolute Gasteiger partial charge is 0.394 e. The fraction of sp³-hybridized carbons (Fsp3) is 0.828. The molecule has 0 bridgehead atoms. The lowest BCUT2D eigenvalue weighted by Gasteiger charge is -2.46. The molecule has 14 nitrogen and oxygen atoms in total. The zero-order valence-corrected chi connectivity index (χ0v) is 48.9. The van der Waals surface area contributed by atoms with E-state index in [2.05, 4.69) is 79.9 Å². The summed E-state index contributed by atoms with van der Waals surface area (Å²) in [5.41, 5.74) is 0. The van der Waals surface area contributed by atoms with Gasteiger partial charge in [0.25, 0.3) is 0 Å². The number of aliphatic hydroxyl groups is 8. The molecule has 0 aromatic rings. The number of hydrogen-bond donors (Lipinski definition) is 9. The number of unbranched alkanes of at least 4 members (excludes halogenated alkanes) is 27. The van der Waals surface area contributed by atoms with Crippen LogP contribution in [0, 0.1) is 0 Å². The van der Waals surface area contributed by atoms with Crippen molar-refractivity contribution >= 4 is 5.91 Å². The molecule has 9 N–H and O–H groups in total. The first kappa shape index (κ1) is 71.8. The highest BCUT2D eigenvalue weighted by Gasteiger charge is 2.51. The summed E-state index contributed by atoms with van der Waals surface area (Å²) in [6.45, 7) is 2.76. The first-order chi connectivity index (χ1) is 38.1. The summed E-state index contributed by atoms with van der Waals surface area (Å²) in [5.74, 6) is -0.209. The molecule has 12 unspecified atom stereocenters. The van der Waals surface area contributed by atoms with Crippen LogP contribution in [0.3, 0.4) is 0 Å². The Kier molecular flexibility index (Phi) is 45.4. The van der Waals surface area contributed by atoms with Gasteiger partial charge in [-0.25, -0.2) is 0 Å². The third-order valence-electron chi connectivity index (χ3n) is 15.2. The Balaban J connectivity index is 1.68. The molecule has 454 valence electrons. The molecule has 2 aliphatic rings. The molecular formula is C64H115NO13. The highest BCUT2D eigenvalue weighted by Crippen LogP contribution is 2.30. The van der Waals surface area contributed by atoms with E-state index in [1.165, 1.54) is 135 Å². The van der Waals surface area contributed by atoms with E-state index in [9.17, 15) is 45.6 Å². The quantitative estimate of drug-likeness (QED) is 0.0204. The van der Waals surface area contributed by atoms with Crippen molar-refractivity contribution in [1.29, 1.82) is 0 Å². The second kappa shape index (κ2) is 49.3. The number of amides is 1. The van der Waals surface area contributed by atoms with Crippen molar-refractivity contribution in [2.75, 3.05) is 19.8 Å². The summed E-state index contributed by atoms with van der Waals surface area (Å²) in [6, 6.07) is -0.831. The molecule has 2 heterocycles. The number of carbonyl (C=O) groups is 1. The van der Waals surface area contributed by atoms with Crippen LogP contribution >= 0.6 is 0 Å². The van der Waals surface area contributed by atoms with Gasteiger partial charge in [0.15, 0.2) is 12.6 Å². The van der Waals surface area contributed by atoms with E-state index in [4.69, 9.17) is 18.9 Å². The van der Waals surface area contributed by atoms with Crippen molar-refractivity contribution in [3.8, 4) is 0 Å². The number of hydrogen-bond acceptors (Lipinski definition) is 13. The third-order valence-corrected chi connectivity index (χ3v) is 15.2. The number of nitrogens with one attached hydrogen (secondary N) is 1. The van der Waals surface area contributed by atoms with E-state index in [1.807, 2.05) is 0 Å². The standard InChI is InChI=1S/C64H115NO13/c1-3-5-7-9-11-13-15-17-19-20-21-22-23-24-25-26-27-28-29-30-31-32-34-36-38-40-42-44-46-48-56(69)65-52(53(68)47-45-43-41-39-37-35-33-18-16-14-12-10-8-6-4-2)51-75-63-61(74)59(72)62(55(50-67)77-63)78-64-60(73)58(71)57(70)54(49-66)76-64/h5,7,11,13,17,19,21-22,24-25,52-55,57-64,66-68,70-74H,3-4,6,8-10,12,14-16,18,20,23,26-51H2,1-2H3,(H,65,69)/b7-5-,13-11-,19-17-,22-21-,25-24-. The van der Waals surface area contributed by atoms with Gasteiger partial charge in [0.2, 0.25) is 5.91 Å². The van der Waals surface area contributed by atoms with Gasteiger partial charge in [-0.2, -0.15) is 0 Å². The maximum Gasteiger partial charge on any atom is 0.220 e. The summed E-state index contributed by atoms with van der Waals surface area (Å²) in [6.07, 6.45) is 46.5. The predicted molar refractivity (Wildman–Crippen MR) is 314 cm³/mol.